The molecule has 0 aliphatic carbocycles. The van der Waals surface area contributed by atoms with Gasteiger partial charge in [0.1, 0.15) is 0 Å². The number of rotatable bonds is 6. The molecule has 1 aromatic heterocycles. The number of nitrogens with zero attached hydrogens (tertiary/aromatic N) is 2. The maximum absolute atomic E-state index is 12.5. The van der Waals surface area contributed by atoms with Crippen molar-refractivity contribution in [2.75, 3.05) is 24.7 Å². The fourth-order valence-corrected chi connectivity index (χ4v) is 4.44. The van der Waals surface area contributed by atoms with Gasteiger partial charge in [-0.25, -0.2) is 13.2 Å². The smallest absolute Gasteiger partial charge is 0.339 e. The zero-order valence-electron chi connectivity index (χ0n) is 14.3. The molecule has 138 valence electrons. The number of amides is 1. The van der Waals surface area contributed by atoms with Gasteiger partial charge >= 0.3 is 5.97 Å². The second-order valence-electron chi connectivity index (χ2n) is 6.52. The van der Waals surface area contributed by atoms with Gasteiger partial charge in [0.25, 0.3) is 5.91 Å². The highest BCUT2D eigenvalue weighted by Crippen LogP contribution is 2.19. The van der Waals surface area contributed by atoms with E-state index >= 15 is 0 Å². The number of carbonyl (C=O) groups excluding carboxylic acids is 2. The fraction of sp³-hybridized carbons (Fsp3) is 0.562. The zero-order valence-corrected chi connectivity index (χ0v) is 15.1. The molecule has 2 rings (SSSR count). The van der Waals surface area contributed by atoms with Crippen LogP contribution in [0.25, 0.3) is 0 Å². The van der Waals surface area contributed by atoms with Crippen molar-refractivity contribution in [1.82, 2.24) is 4.90 Å². The molecule has 0 unspecified atom stereocenters. The number of hydrogen-bond donors (Lipinski definition) is 0. The molecule has 1 fully saturated rings. The van der Waals surface area contributed by atoms with Gasteiger partial charge in [0, 0.05) is 24.7 Å². The van der Waals surface area contributed by atoms with Crippen LogP contribution >= 0.6 is 0 Å². The van der Waals surface area contributed by atoms with Crippen LogP contribution < -0.4 is 4.73 Å². The molecule has 1 saturated heterocycles. The van der Waals surface area contributed by atoms with E-state index in [-0.39, 0.29) is 29.0 Å². The van der Waals surface area contributed by atoms with Crippen LogP contribution in [0.4, 0.5) is 0 Å². The molecule has 9 heteroatoms. The summed E-state index contributed by atoms with van der Waals surface area (Å²) in [5.41, 5.74) is 0.166. The molecule has 0 spiro atoms. The molecule has 2 heterocycles. The van der Waals surface area contributed by atoms with Crippen LogP contribution in [-0.4, -0.2) is 55.9 Å². The lowest BCUT2D eigenvalue weighted by Gasteiger charge is -2.29. The van der Waals surface area contributed by atoms with Crippen molar-refractivity contribution in [3.63, 3.8) is 0 Å². The third kappa shape index (κ3) is 5.42. The maximum Gasteiger partial charge on any atom is 0.339 e. The minimum absolute atomic E-state index is 0.0540. The topological polar surface area (TPSA) is 108 Å². The molecular formula is C16H22N2O6S. The molecule has 1 aliphatic heterocycles. The van der Waals surface area contributed by atoms with Crippen LogP contribution in [0.3, 0.4) is 0 Å². The second-order valence-corrected chi connectivity index (χ2v) is 8.75. The molecule has 0 N–H and O–H groups in total. The highest BCUT2D eigenvalue weighted by Gasteiger charge is 2.35. The van der Waals surface area contributed by atoms with Crippen molar-refractivity contribution in [3.8, 4) is 0 Å². The minimum atomic E-state index is -3.12. The van der Waals surface area contributed by atoms with Gasteiger partial charge < -0.3 is 14.8 Å². The number of esters is 1. The number of aromatic nitrogens is 1. The molecule has 1 aliphatic rings. The molecule has 25 heavy (non-hydrogen) atoms. The molecule has 0 aromatic carbocycles. The van der Waals surface area contributed by atoms with E-state index in [1.54, 1.807) is 0 Å². The first kappa shape index (κ1) is 19.2. The van der Waals surface area contributed by atoms with E-state index in [9.17, 15) is 23.2 Å². The summed E-state index contributed by atoms with van der Waals surface area (Å²) in [6.07, 6.45) is 2.72. The van der Waals surface area contributed by atoms with Crippen molar-refractivity contribution in [2.45, 2.75) is 26.3 Å². The monoisotopic (exact) mass is 370 g/mol. The van der Waals surface area contributed by atoms with Crippen molar-refractivity contribution >= 4 is 21.7 Å². The molecular weight excluding hydrogens is 348 g/mol. The normalized spacial score (nSPS) is 18.9. The Kier molecular flexibility index (Phi) is 5.99. The number of sulfone groups is 1. The van der Waals surface area contributed by atoms with Crippen molar-refractivity contribution in [2.24, 2.45) is 5.92 Å². The molecule has 1 atom stereocenters. The number of ether oxygens (including phenoxy) is 1. The SMILES string of the molecule is CC(C)CN(C(=O)COC(=O)c1cc[n+]([O-])cc1)[C@@H]1CCS(=O)(=O)C1. The first-order valence-electron chi connectivity index (χ1n) is 8.04. The molecule has 1 aromatic rings. The fourth-order valence-electron chi connectivity index (χ4n) is 2.71. The average Bonchev–Trinajstić information content (AvgIpc) is 2.90. The number of pyridine rings is 1. The Morgan fingerprint density at radius 2 is 2.00 bits per heavy atom. The Morgan fingerprint density at radius 1 is 1.36 bits per heavy atom. The van der Waals surface area contributed by atoms with Crippen molar-refractivity contribution in [1.29, 1.82) is 0 Å². The van der Waals surface area contributed by atoms with Gasteiger partial charge in [0.05, 0.1) is 17.1 Å². The van der Waals surface area contributed by atoms with E-state index in [0.29, 0.717) is 17.7 Å². The van der Waals surface area contributed by atoms with E-state index in [0.717, 1.165) is 12.4 Å². The van der Waals surface area contributed by atoms with Gasteiger partial charge in [-0.2, -0.15) is 4.73 Å². The maximum atomic E-state index is 12.5. The van der Waals surface area contributed by atoms with E-state index in [1.165, 1.54) is 17.0 Å². The molecule has 0 bridgehead atoms. The lowest BCUT2D eigenvalue weighted by atomic mass is 10.1. The van der Waals surface area contributed by atoms with Gasteiger partial charge in [-0.05, 0) is 12.3 Å². The number of hydrogen-bond acceptors (Lipinski definition) is 6. The van der Waals surface area contributed by atoms with Gasteiger partial charge in [-0.1, -0.05) is 13.8 Å². The summed E-state index contributed by atoms with van der Waals surface area (Å²) in [6.45, 7) is 3.79. The van der Waals surface area contributed by atoms with E-state index in [4.69, 9.17) is 4.74 Å². The van der Waals surface area contributed by atoms with Crippen LogP contribution in [0, 0.1) is 11.1 Å². The Labute approximate surface area is 146 Å². The van der Waals surface area contributed by atoms with Crippen LogP contribution in [0.2, 0.25) is 0 Å². The summed E-state index contributed by atoms with van der Waals surface area (Å²) in [4.78, 5) is 25.9. The molecule has 8 nitrogen and oxygen atoms in total. The van der Waals surface area contributed by atoms with Gasteiger partial charge in [-0.3, -0.25) is 4.79 Å². The summed E-state index contributed by atoms with van der Waals surface area (Å²) < 4.78 is 28.9. The van der Waals surface area contributed by atoms with Crippen LogP contribution in [0.5, 0.6) is 0 Å². The third-order valence-electron chi connectivity index (χ3n) is 3.90. The summed E-state index contributed by atoms with van der Waals surface area (Å²) in [6, 6.07) is 2.22. The van der Waals surface area contributed by atoms with Crippen LogP contribution in [0.1, 0.15) is 30.6 Å². The minimum Gasteiger partial charge on any atom is -0.619 e. The first-order valence-corrected chi connectivity index (χ1v) is 9.86. The Hall–Kier alpha value is -2.16. The Morgan fingerprint density at radius 3 is 2.52 bits per heavy atom. The standard InChI is InChI=1S/C16H22N2O6S/c1-12(2)9-18(14-5-8-25(22,23)11-14)15(19)10-24-16(20)13-3-6-17(21)7-4-13/h3-4,6-7,12,14H,5,8-11H2,1-2H3/t14-/m1/s1. The lowest BCUT2D eigenvalue weighted by molar-refractivity contribution is -0.605. The van der Waals surface area contributed by atoms with Gasteiger partial charge in [0.2, 0.25) is 0 Å². The number of carbonyl (C=O) groups is 2. The highest BCUT2D eigenvalue weighted by molar-refractivity contribution is 7.91. The molecule has 0 saturated carbocycles. The third-order valence-corrected chi connectivity index (χ3v) is 5.65. The Balaban J connectivity index is 1.99. The predicted octanol–water partition coefficient (Wildman–Crippen LogP) is 0.149. The first-order chi connectivity index (χ1) is 11.7. The van der Waals surface area contributed by atoms with Gasteiger partial charge in [0.15, 0.2) is 28.8 Å². The van der Waals surface area contributed by atoms with E-state index in [2.05, 4.69) is 0 Å². The van der Waals surface area contributed by atoms with E-state index < -0.39 is 28.3 Å². The average molecular weight is 370 g/mol. The largest absolute Gasteiger partial charge is 0.619 e. The second kappa shape index (κ2) is 7.81. The predicted molar refractivity (Wildman–Crippen MR) is 89.3 cm³/mol. The molecule has 0 radical (unpaired) electrons. The van der Waals surface area contributed by atoms with Crippen molar-refractivity contribution in [3.05, 3.63) is 35.3 Å². The quantitative estimate of drug-likeness (QED) is 0.401. The summed E-state index contributed by atoms with van der Waals surface area (Å²) in [5.74, 6) is -0.957. The highest BCUT2D eigenvalue weighted by atomic mass is 32.2. The van der Waals surface area contributed by atoms with Crippen molar-refractivity contribution < 1.29 is 27.5 Å². The van der Waals surface area contributed by atoms with Gasteiger partial charge in [-0.15, -0.1) is 0 Å². The zero-order chi connectivity index (χ0) is 18.6. The van der Waals surface area contributed by atoms with Crippen LogP contribution in [-0.2, 0) is 19.4 Å². The lowest BCUT2D eigenvalue weighted by Crippen LogP contribution is -2.45. The van der Waals surface area contributed by atoms with E-state index in [1.807, 2.05) is 13.8 Å². The summed E-state index contributed by atoms with van der Waals surface area (Å²) in [7, 11) is -3.12. The summed E-state index contributed by atoms with van der Waals surface area (Å²) >= 11 is 0. The van der Waals surface area contributed by atoms with Crippen LogP contribution in [0.15, 0.2) is 24.5 Å². The Bertz CT molecular complexity index is 729. The summed E-state index contributed by atoms with van der Waals surface area (Å²) in [5, 5.41) is 11.0. The molecule has 1 amide bonds.